The van der Waals surface area contributed by atoms with Gasteiger partial charge in [0.1, 0.15) is 19.0 Å². The molecule has 3 heterocycles. The van der Waals surface area contributed by atoms with Crippen LogP contribution in [-0.2, 0) is 0 Å². The summed E-state index contributed by atoms with van der Waals surface area (Å²) in [7, 11) is 0. The van der Waals surface area contributed by atoms with E-state index in [2.05, 4.69) is 20.0 Å². The van der Waals surface area contributed by atoms with Gasteiger partial charge in [0.2, 0.25) is 17.1 Å². The van der Waals surface area contributed by atoms with Crippen LogP contribution in [0, 0.1) is 0 Å². The van der Waals surface area contributed by atoms with Gasteiger partial charge in [0.05, 0.1) is 0 Å². The lowest BCUT2D eigenvalue weighted by molar-refractivity contribution is -0.274. The molecule has 25 heavy (non-hydrogen) atoms. The fourth-order valence-electron chi connectivity index (χ4n) is 2.40. The second-order valence-corrected chi connectivity index (χ2v) is 5.34. The molecule has 0 amide bonds. The van der Waals surface area contributed by atoms with Gasteiger partial charge in [-0.15, -0.1) is 28.5 Å². The monoisotopic (exact) mass is 372 g/mol. The van der Waals surface area contributed by atoms with Gasteiger partial charge in [0, 0.05) is 5.56 Å². The van der Waals surface area contributed by atoms with Gasteiger partial charge in [-0.25, -0.2) is 0 Å². The highest BCUT2D eigenvalue weighted by molar-refractivity contribution is 6.31. The van der Waals surface area contributed by atoms with Crippen LogP contribution < -0.4 is 14.2 Å². The van der Waals surface area contributed by atoms with Crippen molar-refractivity contribution in [2.45, 2.75) is 6.36 Å². The summed E-state index contributed by atoms with van der Waals surface area (Å²) in [6.45, 7) is 0.627. The lowest BCUT2D eigenvalue weighted by atomic mass is 10.2. The first-order chi connectivity index (χ1) is 11.9. The van der Waals surface area contributed by atoms with Crippen LogP contribution in [0.2, 0.25) is 5.15 Å². The molecule has 0 spiro atoms. The Bertz CT molecular complexity index is 960. The minimum Gasteiger partial charge on any atom is -0.483 e. The molecule has 0 unspecified atom stereocenters. The lowest BCUT2D eigenvalue weighted by Crippen LogP contribution is -2.17. The van der Waals surface area contributed by atoms with Crippen LogP contribution >= 0.6 is 11.6 Å². The molecule has 0 radical (unpaired) electrons. The van der Waals surface area contributed by atoms with Crippen molar-refractivity contribution < 1.29 is 27.4 Å². The van der Waals surface area contributed by atoms with Crippen molar-refractivity contribution in [2.75, 3.05) is 13.2 Å². The second kappa shape index (κ2) is 5.66. The number of halogens is 4. The van der Waals surface area contributed by atoms with Gasteiger partial charge in [-0.3, -0.25) is 0 Å². The van der Waals surface area contributed by atoms with Crippen molar-refractivity contribution >= 4 is 17.2 Å². The summed E-state index contributed by atoms with van der Waals surface area (Å²) >= 11 is 6.09. The van der Waals surface area contributed by atoms with Gasteiger partial charge in [0.25, 0.3) is 0 Å². The molecule has 0 saturated carbocycles. The topological polar surface area (TPSA) is 70.8 Å². The van der Waals surface area contributed by atoms with Crippen molar-refractivity contribution in [3.63, 3.8) is 0 Å². The van der Waals surface area contributed by atoms with Crippen molar-refractivity contribution in [1.82, 2.24) is 19.8 Å². The average Bonchev–Trinajstić information content (AvgIpc) is 2.98. The van der Waals surface area contributed by atoms with Crippen LogP contribution in [0.3, 0.4) is 0 Å². The van der Waals surface area contributed by atoms with E-state index in [1.807, 2.05) is 0 Å². The normalized spacial score (nSPS) is 13.9. The van der Waals surface area contributed by atoms with Crippen LogP contribution in [0.25, 0.3) is 17.0 Å². The zero-order valence-electron chi connectivity index (χ0n) is 12.2. The van der Waals surface area contributed by atoms with Crippen molar-refractivity contribution in [3.05, 3.63) is 29.4 Å². The molecule has 4 rings (SSSR count). The predicted molar refractivity (Wildman–Crippen MR) is 78.9 cm³/mol. The van der Waals surface area contributed by atoms with Gasteiger partial charge in [-0.1, -0.05) is 23.7 Å². The first kappa shape index (κ1) is 15.8. The Morgan fingerprint density at radius 3 is 2.64 bits per heavy atom. The van der Waals surface area contributed by atoms with E-state index in [-0.39, 0.29) is 33.9 Å². The summed E-state index contributed by atoms with van der Waals surface area (Å²) in [5.41, 5.74) is 0.561. The third kappa shape index (κ3) is 2.88. The summed E-state index contributed by atoms with van der Waals surface area (Å²) in [6.07, 6.45) is -4.79. The molecule has 3 aromatic rings. The summed E-state index contributed by atoms with van der Waals surface area (Å²) < 4.78 is 53.3. The highest BCUT2D eigenvalue weighted by Gasteiger charge is 2.31. The molecule has 0 N–H and O–H groups in total. The van der Waals surface area contributed by atoms with Crippen molar-refractivity contribution in [3.8, 4) is 28.6 Å². The number of fused-ring (bicyclic) bond motifs is 3. The number of ether oxygens (including phenoxy) is 3. The van der Waals surface area contributed by atoms with Crippen LogP contribution in [0.4, 0.5) is 13.2 Å². The number of benzene rings is 1. The van der Waals surface area contributed by atoms with Gasteiger partial charge in [-0.2, -0.15) is 4.52 Å². The molecule has 2 aromatic heterocycles. The van der Waals surface area contributed by atoms with E-state index in [0.717, 1.165) is 0 Å². The minimum atomic E-state index is -4.79. The Labute approximate surface area is 142 Å². The van der Waals surface area contributed by atoms with E-state index in [1.54, 1.807) is 6.07 Å². The molecule has 1 aliphatic heterocycles. The standard InChI is InChI=1S/C14H8ClF3N4O3/c15-11-9-10(24-5-4-23-9)13-20-19-12(22(13)21-11)7-2-1-3-8(6-7)25-14(16,17)18/h1-3,6H,4-5H2. The molecule has 0 saturated heterocycles. The van der Waals surface area contributed by atoms with Crippen LogP contribution in [0.1, 0.15) is 0 Å². The lowest BCUT2D eigenvalue weighted by Gasteiger charge is -2.18. The Kier molecular flexibility index (Phi) is 3.57. The average molecular weight is 373 g/mol. The third-order valence-corrected chi connectivity index (χ3v) is 3.57. The maximum absolute atomic E-state index is 12.4. The zero-order chi connectivity index (χ0) is 17.6. The summed E-state index contributed by atoms with van der Waals surface area (Å²) in [4.78, 5) is 0. The number of hydrogen-bond acceptors (Lipinski definition) is 6. The van der Waals surface area contributed by atoms with Gasteiger partial charge >= 0.3 is 6.36 Å². The summed E-state index contributed by atoms with van der Waals surface area (Å²) in [5.74, 6) is 0.341. The summed E-state index contributed by atoms with van der Waals surface area (Å²) in [5, 5.41) is 12.1. The van der Waals surface area contributed by atoms with Crippen LogP contribution in [0.15, 0.2) is 24.3 Å². The van der Waals surface area contributed by atoms with E-state index in [0.29, 0.717) is 18.8 Å². The smallest absolute Gasteiger partial charge is 0.483 e. The Morgan fingerprint density at radius 1 is 1.12 bits per heavy atom. The highest BCUT2D eigenvalue weighted by Crippen LogP contribution is 2.39. The van der Waals surface area contributed by atoms with E-state index in [1.165, 1.54) is 22.7 Å². The first-order valence-corrected chi connectivity index (χ1v) is 7.37. The first-order valence-electron chi connectivity index (χ1n) is 6.99. The number of nitrogens with zero attached hydrogens (tertiary/aromatic N) is 4. The fraction of sp³-hybridized carbons (Fsp3) is 0.214. The van der Waals surface area contributed by atoms with Crippen molar-refractivity contribution in [1.29, 1.82) is 0 Å². The van der Waals surface area contributed by atoms with E-state index < -0.39 is 6.36 Å². The van der Waals surface area contributed by atoms with Crippen molar-refractivity contribution in [2.24, 2.45) is 0 Å². The maximum atomic E-state index is 12.4. The van der Waals surface area contributed by atoms with E-state index in [9.17, 15) is 13.2 Å². The third-order valence-electron chi connectivity index (χ3n) is 3.33. The van der Waals surface area contributed by atoms with Crippen LogP contribution in [0.5, 0.6) is 17.2 Å². The summed E-state index contributed by atoms with van der Waals surface area (Å²) in [6, 6.07) is 5.30. The molecule has 1 aliphatic rings. The largest absolute Gasteiger partial charge is 0.573 e. The number of aromatic nitrogens is 4. The quantitative estimate of drug-likeness (QED) is 0.688. The van der Waals surface area contributed by atoms with Gasteiger partial charge in [0.15, 0.2) is 11.0 Å². The molecular formula is C14H8ClF3N4O3. The highest BCUT2D eigenvalue weighted by atomic mass is 35.5. The second-order valence-electron chi connectivity index (χ2n) is 4.98. The van der Waals surface area contributed by atoms with Crippen LogP contribution in [-0.4, -0.2) is 39.4 Å². The molecule has 0 aliphatic carbocycles. The Morgan fingerprint density at radius 2 is 1.88 bits per heavy atom. The van der Waals surface area contributed by atoms with Gasteiger partial charge in [-0.05, 0) is 12.1 Å². The number of rotatable bonds is 2. The Hall–Kier alpha value is -2.75. The Balaban J connectivity index is 1.83. The molecule has 0 atom stereocenters. The molecule has 1 aromatic carbocycles. The molecule has 0 fully saturated rings. The fourth-order valence-corrected chi connectivity index (χ4v) is 2.62. The zero-order valence-corrected chi connectivity index (χ0v) is 13.0. The van der Waals surface area contributed by atoms with E-state index >= 15 is 0 Å². The number of alkyl halides is 3. The maximum Gasteiger partial charge on any atom is 0.573 e. The molecular weight excluding hydrogens is 365 g/mol. The molecule has 7 nitrogen and oxygen atoms in total. The van der Waals surface area contributed by atoms with Gasteiger partial charge < -0.3 is 14.2 Å². The molecule has 0 bridgehead atoms. The molecule has 11 heteroatoms. The predicted octanol–water partition coefficient (Wildman–Crippen LogP) is 3.11. The minimum absolute atomic E-state index is 0.0333. The SMILES string of the molecule is FC(F)(F)Oc1cccc(-c2nnc3c4c(c(Cl)nn23)OCCO4)c1. The molecule has 130 valence electrons. The number of hydrogen-bond donors (Lipinski definition) is 0. The van der Waals surface area contributed by atoms with E-state index in [4.69, 9.17) is 21.1 Å².